The largest absolute Gasteiger partial charge is 0.356 e. The monoisotopic (exact) mass is 311 g/mol. The molecule has 0 aliphatic carbocycles. The lowest BCUT2D eigenvalue weighted by atomic mass is 9.94. The van der Waals surface area contributed by atoms with Crippen LogP contribution in [0.1, 0.15) is 25.7 Å². The van der Waals surface area contributed by atoms with Gasteiger partial charge in [0.15, 0.2) is 0 Å². The number of carbonyl (C=O) groups excluding carboxylic acids is 1. The molecule has 2 aliphatic heterocycles. The summed E-state index contributed by atoms with van der Waals surface area (Å²) in [5.41, 5.74) is 0. The Bertz CT molecular complexity index is 260. The minimum Gasteiger partial charge on any atom is -0.356 e. The van der Waals surface area contributed by atoms with Gasteiger partial charge in [0.25, 0.3) is 0 Å². The van der Waals surface area contributed by atoms with Gasteiger partial charge in [0.05, 0.1) is 0 Å². The third-order valence-corrected chi connectivity index (χ3v) is 4.01. The lowest BCUT2D eigenvalue weighted by Crippen LogP contribution is -2.34. The van der Waals surface area contributed by atoms with E-state index in [2.05, 4.69) is 22.6 Å². The van der Waals surface area contributed by atoms with Gasteiger partial charge in [0.1, 0.15) is 0 Å². The molecule has 0 aromatic carbocycles. The van der Waals surface area contributed by atoms with Crippen LogP contribution in [0.2, 0.25) is 0 Å². The van der Waals surface area contributed by atoms with E-state index < -0.39 is 0 Å². The van der Waals surface area contributed by atoms with Crippen LogP contribution in [0.15, 0.2) is 0 Å². The normalized spacial score (nSPS) is 24.4. The van der Waals surface area contributed by atoms with Gasteiger partial charge in [0, 0.05) is 19.5 Å². The molecule has 0 spiro atoms. The van der Waals surface area contributed by atoms with Crippen molar-refractivity contribution < 1.29 is 4.79 Å². The number of halogens is 2. The van der Waals surface area contributed by atoms with Crippen molar-refractivity contribution in [1.82, 2.24) is 15.5 Å². The average molecular weight is 312 g/mol. The molecule has 2 N–H and O–H groups in total. The van der Waals surface area contributed by atoms with E-state index in [1.807, 2.05) is 0 Å². The molecule has 2 fully saturated rings. The van der Waals surface area contributed by atoms with Crippen LogP contribution in [0.4, 0.5) is 0 Å². The van der Waals surface area contributed by atoms with E-state index in [9.17, 15) is 4.79 Å². The minimum atomic E-state index is 0. The third kappa shape index (κ3) is 6.80. The van der Waals surface area contributed by atoms with E-state index in [-0.39, 0.29) is 30.7 Å². The highest BCUT2D eigenvalue weighted by Gasteiger charge is 2.21. The second-order valence-corrected chi connectivity index (χ2v) is 5.62. The molecule has 1 amide bonds. The van der Waals surface area contributed by atoms with Crippen molar-refractivity contribution in [3.8, 4) is 0 Å². The molecule has 4 nitrogen and oxygen atoms in total. The van der Waals surface area contributed by atoms with Crippen LogP contribution in [-0.2, 0) is 4.79 Å². The molecular weight excluding hydrogens is 285 g/mol. The summed E-state index contributed by atoms with van der Waals surface area (Å²) >= 11 is 0. The topological polar surface area (TPSA) is 44.4 Å². The predicted octanol–water partition coefficient (Wildman–Crippen LogP) is 1.29. The first kappa shape index (κ1) is 19.0. The average Bonchev–Trinajstić information content (AvgIpc) is 2.74. The van der Waals surface area contributed by atoms with Crippen LogP contribution in [0, 0.1) is 11.8 Å². The van der Waals surface area contributed by atoms with Gasteiger partial charge in [-0.2, -0.15) is 0 Å². The fraction of sp³-hybridized carbons (Fsp3) is 0.923. The molecule has 6 heteroatoms. The standard InChI is InChI=1S/C13H25N3O.2ClH/c1-16-7-4-12(10-16)9-15-13(17)8-11-2-5-14-6-3-11;;/h11-12,14H,2-10H2,1H3,(H,15,17);2*1H. The first-order chi connectivity index (χ1) is 8.24. The maximum atomic E-state index is 11.8. The summed E-state index contributed by atoms with van der Waals surface area (Å²) in [4.78, 5) is 14.1. The first-order valence-corrected chi connectivity index (χ1v) is 6.90. The van der Waals surface area contributed by atoms with Gasteiger partial charge in [-0.05, 0) is 57.8 Å². The SMILES string of the molecule is CN1CCC(CNC(=O)CC2CCNCC2)C1.Cl.Cl. The highest BCUT2D eigenvalue weighted by atomic mass is 35.5. The second kappa shape index (κ2) is 9.81. The van der Waals surface area contributed by atoms with Crippen LogP contribution in [0.3, 0.4) is 0 Å². The maximum Gasteiger partial charge on any atom is 0.220 e. The van der Waals surface area contributed by atoms with Crippen molar-refractivity contribution in [2.24, 2.45) is 11.8 Å². The molecular formula is C13H27Cl2N3O. The molecule has 0 bridgehead atoms. The Labute approximate surface area is 128 Å². The van der Waals surface area contributed by atoms with Crippen molar-refractivity contribution in [1.29, 1.82) is 0 Å². The number of nitrogens with one attached hydrogen (secondary N) is 2. The van der Waals surface area contributed by atoms with Crippen LogP contribution in [-0.4, -0.2) is 50.6 Å². The van der Waals surface area contributed by atoms with Gasteiger partial charge in [0.2, 0.25) is 5.91 Å². The molecule has 0 aromatic rings. The maximum absolute atomic E-state index is 11.8. The number of hydrogen-bond acceptors (Lipinski definition) is 3. The van der Waals surface area contributed by atoms with Gasteiger partial charge in [-0.25, -0.2) is 0 Å². The summed E-state index contributed by atoms with van der Waals surface area (Å²) in [6.07, 6.45) is 4.26. The summed E-state index contributed by atoms with van der Waals surface area (Å²) in [6, 6.07) is 0. The Kier molecular flexibility index (Phi) is 9.79. The van der Waals surface area contributed by atoms with Crippen LogP contribution in [0.5, 0.6) is 0 Å². The van der Waals surface area contributed by atoms with Crippen molar-refractivity contribution in [2.45, 2.75) is 25.7 Å². The molecule has 2 rings (SSSR count). The van der Waals surface area contributed by atoms with E-state index in [4.69, 9.17) is 0 Å². The van der Waals surface area contributed by atoms with E-state index in [1.165, 1.54) is 13.0 Å². The lowest BCUT2D eigenvalue weighted by molar-refractivity contribution is -0.122. The fourth-order valence-electron chi connectivity index (χ4n) is 2.87. The molecule has 114 valence electrons. The molecule has 0 aromatic heterocycles. The lowest BCUT2D eigenvalue weighted by Gasteiger charge is -2.22. The highest BCUT2D eigenvalue weighted by molar-refractivity contribution is 5.85. The Balaban J connectivity index is 0.00000162. The van der Waals surface area contributed by atoms with Gasteiger partial charge in [-0.15, -0.1) is 24.8 Å². The molecule has 0 saturated carbocycles. The van der Waals surface area contributed by atoms with Gasteiger partial charge < -0.3 is 15.5 Å². The summed E-state index contributed by atoms with van der Waals surface area (Å²) in [5, 5.41) is 6.44. The zero-order chi connectivity index (χ0) is 12.1. The predicted molar refractivity (Wildman–Crippen MR) is 83.3 cm³/mol. The Morgan fingerprint density at radius 3 is 2.47 bits per heavy atom. The van der Waals surface area contributed by atoms with Gasteiger partial charge in [-0.3, -0.25) is 4.79 Å². The summed E-state index contributed by atoms with van der Waals surface area (Å²) in [7, 11) is 2.15. The quantitative estimate of drug-likeness (QED) is 0.822. The zero-order valence-corrected chi connectivity index (χ0v) is 13.3. The van der Waals surface area contributed by atoms with Crippen molar-refractivity contribution >= 4 is 30.7 Å². The number of likely N-dealkylation sites (tertiary alicyclic amines) is 1. The number of piperidine rings is 1. The van der Waals surface area contributed by atoms with Crippen molar-refractivity contribution in [2.75, 3.05) is 39.8 Å². The third-order valence-electron chi connectivity index (χ3n) is 4.01. The van der Waals surface area contributed by atoms with Crippen molar-refractivity contribution in [3.63, 3.8) is 0 Å². The first-order valence-electron chi connectivity index (χ1n) is 6.90. The van der Waals surface area contributed by atoms with Crippen LogP contribution >= 0.6 is 24.8 Å². The Hall–Kier alpha value is -0.0300. The highest BCUT2D eigenvalue weighted by Crippen LogP contribution is 2.16. The summed E-state index contributed by atoms with van der Waals surface area (Å²) in [5.74, 6) is 1.52. The van der Waals surface area contributed by atoms with Crippen LogP contribution in [0.25, 0.3) is 0 Å². The molecule has 2 aliphatic rings. The number of hydrogen-bond donors (Lipinski definition) is 2. The van der Waals surface area contributed by atoms with Gasteiger partial charge in [-0.1, -0.05) is 0 Å². The number of amides is 1. The smallest absolute Gasteiger partial charge is 0.220 e. The van der Waals surface area contributed by atoms with E-state index in [1.54, 1.807) is 0 Å². The minimum absolute atomic E-state index is 0. The van der Waals surface area contributed by atoms with Gasteiger partial charge >= 0.3 is 0 Å². The fourth-order valence-corrected chi connectivity index (χ4v) is 2.87. The molecule has 1 unspecified atom stereocenters. The molecule has 0 radical (unpaired) electrons. The van der Waals surface area contributed by atoms with E-state index >= 15 is 0 Å². The second-order valence-electron chi connectivity index (χ2n) is 5.62. The summed E-state index contributed by atoms with van der Waals surface area (Å²) in [6.45, 7) is 5.33. The molecule has 19 heavy (non-hydrogen) atoms. The summed E-state index contributed by atoms with van der Waals surface area (Å²) < 4.78 is 0. The zero-order valence-electron chi connectivity index (χ0n) is 11.7. The van der Waals surface area contributed by atoms with Crippen LogP contribution < -0.4 is 10.6 Å². The van der Waals surface area contributed by atoms with E-state index in [0.717, 1.165) is 45.4 Å². The Morgan fingerprint density at radius 1 is 1.21 bits per heavy atom. The molecule has 1 atom stereocenters. The number of carbonyl (C=O) groups is 1. The van der Waals surface area contributed by atoms with E-state index in [0.29, 0.717) is 11.8 Å². The number of nitrogens with zero attached hydrogens (tertiary/aromatic N) is 1. The van der Waals surface area contributed by atoms with Crippen molar-refractivity contribution in [3.05, 3.63) is 0 Å². The Morgan fingerprint density at radius 2 is 1.89 bits per heavy atom. The molecule has 2 saturated heterocycles. The molecule has 2 heterocycles. The number of rotatable bonds is 4.